The number of fused-ring (bicyclic) bond motifs is 1. The summed E-state index contributed by atoms with van der Waals surface area (Å²) in [6, 6.07) is 17.4. The third-order valence-electron chi connectivity index (χ3n) is 3.74. The summed E-state index contributed by atoms with van der Waals surface area (Å²) in [4.78, 5) is 14.2. The van der Waals surface area contributed by atoms with Crippen molar-refractivity contribution in [3.63, 3.8) is 0 Å². The van der Waals surface area contributed by atoms with Gasteiger partial charge in [0.05, 0.1) is 0 Å². The van der Waals surface area contributed by atoms with Crippen LogP contribution < -0.4 is 0 Å². The van der Waals surface area contributed by atoms with Gasteiger partial charge in [-0.3, -0.25) is 4.79 Å². The number of carbonyl (C=O) groups excluding carboxylic acids is 1. The minimum Gasteiger partial charge on any atom is -0.373 e. The maximum absolute atomic E-state index is 12.6. The number of rotatable bonds is 2. The number of amides is 1. The van der Waals surface area contributed by atoms with Crippen LogP contribution in [0.1, 0.15) is 27.9 Å². The Morgan fingerprint density at radius 3 is 2.55 bits per heavy atom. The van der Waals surface area contributed by atoms with Gasteiger partial charge in [0.15, 0.2) is 0 Å². The van der Waals surface area contributed by atoms with Crippen molar-refractivity contribution in [3.8, 4) is 0 Å². The summed E-state index contributed by atoms with van der Waals surface area (Å²) in [6.07, 6.45) is 0.583. The first-order valence-corrected chi connectivity index (χ1v) is 6.86. The minimum absolute atomic E-state index is 0.0885. The predicted molar refractivity (Wildman–Crippen MR) is 77.1 cm³/mol. The van der Waals surface area contributed by atoms with Crippen LogP contribution in [-0.2, 0) is 13.0 Å². The molecule has 20 heavy (non-hydrogen) atoms. The Morgan fingerprint density at radius 2 is 1.75 bits per heavy atom. The van der Waals surface area contributed by atoms with E-state index < -0.39 is 6.23 Å². The number of hydrogen-bond donors (Lipinski definition) is 1. The standard InChI is InChI=1S/C17H17NO2/c19-16-11-10-14-8-4-5-9-15(14)17(20)18(16)12-13-6-2-1-3-7-13/h1-9,16,19H,10-12H2. The number of hydrogen-bond acceptors (Lipinski definition) is 2. The summed E-state index contributed by atoms with van der Waals surface area (Å²) in [5.41, 5.74) is 2.76. The van der Waals surface area contributed by atoms with E-state index in [2.05, 4.69) is 0 Å². The first-order valence-electron chi connectivity index (χ1n) is 6.86. The van der Waals surface area contributed by atoms with Crippen molar-refractivity contribution in [2.24, 2.45) is 0 Å². The lowest BCUT2D eigenvalue weighted by Gasteiger charge is -2.26. The summed E-state index contributed by atoms with van der Waals surface area (Å²) >= 11 is 0. The Hall–Kier alpha value is -2.13. The first-order chi connectivity index (χ1) is 9.75. The van der Waals surface area contributed by atoms with E-state index in [1.165, 1.54) is 0 Å². The lowest BCUT2D eigenvalue weighted by molar-refractivity contribution is 0.00212. The summed E-state index contributed by atoms with van der Waals surface area (Å²) in [7, 11) is 0. The molecular formula is C17H17NO2. The highest BCUT2D eigenvalue weighted by atomic mass is 16.3. The van der Waals surface area contributed by atoms with Crippen molar-refractivity contribution in [2.45, 2.75) is 25.6 Å². The smallest absolute Gasteiger partial charge is 0.256 e. The van der Waals surface area contributed by atoms with Gasteiger partial charge in [-0.15, -0.1) is 0 Å². The monoisotopic (exact) mass is 267 g/mol. The molecule has 1 atom stereocenters. The van der Waals surface area contributed by atoms with Gasteiger partial charge in [0.2, 0.25) is 0 Å². The molecule has 3 heteroatoms. The third-order valence-corrected chi connectivity index (χ3v) is 3.74. The molecule has 0 aromatic heterocycles. The minimum atomic E-state index is -0.727. The molecule has 0 fully saturated rings. The fourth-order valence-corrected chi connectivity index (χ4v) is 2.63. The van der Waals surface area contributed by atoms with E-state index in [-0.39, 0.29) is 5.91 Å². The molecule has 0 bridgehead atoms. The maximum Gasteiger partial charge on any atom is 0.256 e. The lowest BCUT2D eigenvalue weighted by atomic mass is 10.0. The van der Waals surface area contributed by atoms with E-state index in [0.717, 1.165) is 17.5 Å². The van der Waals surface area contributed by atoms with Gasteiger partial charge in [-0.2, -0.15) is 0 Å². The Labute approximate surface area is 118 Å². The van der Waals surface area contributed by atoms with Crippen LogP contribution in [0.25, 0.3) is 0 Å². The second-order valence-corrected chi connectivity index (χ2v) is 5.10. The van der Waals surface area contributed by atoms with E-state index in [1.54, 1.807) is 4.90 Å². The molecule has 1 heterocycles. The van der Waals surface area contributed by atoms with Crippen molar-refractivity contribution in [3.05, 3.63) is 71.3 Å². The van der Waals surface area contributed by atoms with Crippen LogP contribution in [0.4, 0.5) is 0 Å². The van der Waals surface area contributed by atoms with Gasteiger partial charge < -0.3 is 10.0 Å². The Kier molecular flexibility index (Phi) is 3.52. The molecular weight excluding hydrogens is 250 g/mol. The zero-order chi connectivity index (χ0) is 13.9. The molecule has 0 aliphatic carbocycles. The van der Waals surface area contributed by atoms with Crippen molar-refractivity contribution >= 4 is 5.91 Å². The molecule has 1 amide bonds. The molecule has 102 valence electrons. The van der Waals surface area contributed by atoms with Crippen LogP contribution in [0.5, 0.6) is 0 Å². The zero-order valence-corrected chi connectivity index (χ0v) is 11.2. The van der Waals surface area contributed by atoms with Crippen molar-refractivity contribution in [1.29, 1.82) is 0 Å². The maximum atomic E-state index is 12.6. The van der Waals surface area contributed by atoms with E-state index in [9.17, 15) is 9.90 Å². The molecule has 1 aliphatic heterocycles. The van der Waals surface area contributed by atoms with Crippen molar-refractivity contribution < 1.29 is 9.90 Å². The fourth-order valence-electron chi connectivity index (χ4n) is 2.63. The van der Waals surface area contributed by atoms with Crippen molar-refractivity contribution in [1.82, 2.24) is 4.90 Å². The predicted octanol–water partition coefficient (Wildman–Crippen LogP) is 2.59. The molecule has 0 radical (unpaired) electrons. The number of aliphatic hydroxyl groups excluding tert-OH is 1. The van der Waals surface area contributed by atoms with Crippen molar-refractivity contribution in [2.75, 3.05) is 0 Å². The number of nitrogens with zero attached hydrogens (tertiary/aromatic N) is 1. The fraction of sp³-hybridized carbons (Fsp3) is 0.235. The third kappa shape index (κ3) is 2.45. The molecule has 2 aromatic rings. The van der Waals surface area contributed by atoms with Gasteiger partial charge in [-0.05, 0) is 30.0 Å². The van der Waals surface area contributed by atoms with Gasteiger partial charge in [0.1, 0.15) is 6.23 Å². The molecule has 0 saturated carbocycles. The van der Waals surface area contributed by atoms with E-state index in [1.807, 2.05) is 54.6 Å². The van der Waals surface area contributed by atoms with Crippen LogP contribution >= 0.6 is 0 Å². The van der Waals surface area contributed by atoms with Gasteiger partial charge in [-0.1, -0.05) is 48.5 Å². The van der Waals surface area contributed by atoms with E-state index >= 15 is 0 Å². The second-order valence-electron chi connectivity index (χ2n) is 5.10. The lowest BCUT2D eigenvalue weighted by Crippen LogP contribution is -2.38. The molecule has 0 spiro atoms. The Bertz CT molecular complexity index is 609. The SMILES string of the molecule is O=C1c2ccccc2CCC(O)N1Cc1ccccc1. The molecule has 1 unspecified atom stereocenters. The largest absolute Gasteiger partial charge is 0.373 e. The van der Waals surface area contributed by atoms with Crippen LogP contribution in [0.3, 0.4) is 0 Å². The highest BCUT2D eigenvalue weighted by Crippen LogP contribution is 2.23. The van der Waals surface area contributed by atoms with Gasteiger partial charge in [0.25, 0.3) is 5.91 Å². The molecule has 1 aliphatic rings. The Balaban J connectivity index is 1.92. The quantitative estimate of drug-likeness (QED) is 0.908. The molecule has 3 nitrogen and oxygen atoms in total. The van der Waals surface area contributed by atoms with Crippen LogP contribution in [-0.4, -0.2) is 22.1 Å². The van der Waals surface area contributed by atoms with E-state index in [0.29, 0.717) is 18.5 Å². The molecule has 0 saturated heterocycles. The topological polar surface area (TPSA) is 40.5 Å². The number of carbonyl (C=O) groups is 1. The number of aliphatic hydroxyl groups is 1. The summed E-state index contributed by atoms with van der Waals surface area (Å²) in [5.74, 6) is -0.0885. The second kappa shape index (κ2) is 5.47. The molecule has 1 N–H and O–H groups in total. The summed E-state index contributed by atoms with van der Waals surface area (Å²) in [5, 5.41) is 10.3. The van der Waals surface area contributed by atoms with Gasteiger partial charge >= 0.3 is 0 Å². The Morgan fingerprint density at radius 1 is 1.05 bits per heavy atom. The molecule has 3 rings (SSSR count). The number of benzene rings is 2. The van der Waals surface area contributed by atoms with Crippen LogP contribution in [0.15, 0.2) is 54.6 Å². The first kappa shape index (κ1) is 12.9. The number of aryl methyl sites for hydroxylation is 1. The average Bonchev–Trinajstić information content (AvgIpc) is 2.61. The molecule has 2 aromatic carbocycles. The normalized spacial score (nSPS) is 18.6. The van der Waals surface area contributed by atoms with Crippen LogP contribution in [0, 0.1) is 0 Å². The van der Waals surface area contributed by atoms with E-state index in [4.69, 9.17) is 0 Å². The summed E-state index contributed by atoms with van der Waals surface area (Å²) in [6.45, 7) is 0.440. The highest BCUT2D eigenvalue weighted by molar-refractivity contribution is 5.96. The average molecular weight is 267 g/mol. The summed E-state index contributed by atoms with van der Waals surface area (Å²) < 4.78 is 0. The highest BCUT2D eigenvalue weighted by Gasteiger charge is 2.28. The zero-order valence-electron chi connectivity index (χ0n) is 11.2. The van der Waals surface area contributed by atoms with Crippen LogP contribution in [0.2, 0.25) is 0 Å². The van der Waals surface area contributed by atoms with Gasteiger partial charge in [0, 0.05) is 12.1 Å². The van der Waals surface area contributed by atoms with Gasteiger partial charge in [-0.25, -0.2) is 0 Å².